The lowest BCUT2D eigenvalue weighted by Crippen LogP contribution is -2.18. The van der Waals surface area contributed by atoms with Crippen LogP contribution in [0.2, 0.25) is 0 Å². The van der Waals surface area contributed by atoms with Crippen LogP contribution in [0.3, 0.4) is 0 Å². The minimum atomic E-state index is -2.97. The summed E-state index contributed by atoms with van der Waals surface area (Å²) < 4.78 is 48.9. The Balaban J connectivity index is 1.94. The van der Waals surface area contributed by atoms with Crippen molar-refractivity contribution in [3.05, 3.63) is 35.4 Å². The molecule has 0 aromatic heterocycles. The molecule has 1 aromatic carbocycles. The van der Waals surface area contributed by atoms with Gasteiger partial charge in [-0.2, -0.15) is 0 Å². The molecule has 1 heterocycles. The highest BCUT2D eigenvalue weighted by Gasteiger charge is 2.29. The zero-order valence-electron chi connectivity index (χ0n) is 10.4. The van der Waals surface area contributed by atoms with E-state index < -0.39 is 27.6 Å². The van der Waals surface area contributed by atoms with Crippen LogP contribution in [0.25, 0.3) is 0 Å². The topological polar surface area (TPSA) is 54.4 Å². The molecule has 0 amide bonds. The molecule has 1 aromatic rings. The number of aliphatic hydroxyl groups excluding tert-OH is 1. The van der Waals surface area contributed by atoms with E-state index >= 15 is 0 Å². The van der Waals surface area contributed by atoms with E-state index in [2.05, 4.69) is 0 Å². The first-order valence-corrected chi connectivity index (χ1v) is 8.00. The van der Waals surface area contributed by atoms with Crippen LogP contribution < -0.4 is 0 Å². The quantitative estimate of drug-likeness (QED) is 0.918. The minimum absolute atomic E-state index is 0.000140. The molecule has 106 valence electrons. The molecule has 6 heteroatoms. The summed E-state index contributed by atoms with van der Waals surface area (Å²) in [7, 11) is -2.97. The third-order valence-electron chi connectivity index (χ3n) is 3.40. The Morgan fingerprint density at radius 2 is 2.11 bits per heavy atom. The molecule has 2 atom stereocenters. The van der Waals surface area contributed by atoms with Crippen LogP contribution in [0.4, 0.5) is 8.78 Å². The minimum Gasteiger partial charge on any atom is -0.393 e. The summed E-state index contributed by atoms with van der Waals surface area (Å²) in [6.07, 6.45) is -0.0185. The highest BCUT2D eigenvalue weighted by Crippen LogP contribution is 2.24. The molecule has 3 nitrogen and oxygen atoms in total. The third kappa shape index (κ3) is 3.98. The lowest BCUT2D eigenvalue weighted by molar-refractivity contribution is 0.145. The average molecular weight is 290 g/mol. The van der Waals surface area contributed by atoms with Gasteiger partial charge in [0.05, 0.1) is 17.6 Å². The Labute approximate surface area is 111 Å². The molecular weight excluding hydrogens is 274 g/mol. The molecule has 1 aliphatic heterocycles. The summed E-state index contributed by atoms with van der Waals surface area (Å²) in [6, 6.07) is 3.11. The van der Waals surface area contributed by atoms with E-state index in [1.54, 1.807) is 0 Å². The van der Waals surface area contributed by atoms with Crippen LogP contribution in [-0.4, -0.2) is 31.1 Å². The first kappa shape index (κ1) is 14.4. The van der Waals surface area contributed by atoms with Gasteiger partial charge in [0.1, 0.15) is 11.6 Å². The highest BCUT2D eigenvalue weighted by molar-refractivity contribution is 7.91. The van der Waals surface area contributed by atoms with Gasteiger partial charge in [0.25, 0.3) is 0 Å². The Kier molecular flexibility index (Phi) is 4.20. The molecule has 1 saturated heterocycles. The second-order valence-electron chi connectivity index (χ2n) is 5.10. The van der Waals surface area contributed by atoms with Gasteiger partial charge in [-0.05, 0) is 42.5 Å². The number of benzene rings is 1. The second kappa shape index (κ2) is 5.54. The molecular formula is C13H16F2O3S. The fourth-order valence-electron chi connectivity index (χ4n) is 2.48. The molecule has 2 rings (SSSR count). The van der Waals surface area contributed by atoms with Gasteiger partial charge in [-0.3, -0.25) is 0 Å². The summed E-state index contributed by atoms with van der Waals surface area (Å²) in [5.74, 6) is -0.961. The Hall–Kier alpha value is -1.01. The van der Waals surface area contributed by atoms with Gasteiger partial charge in [-0.1, -0.05) is 0 Å². The normalized spacial score (nSPS) is 23.4. The molecule has 1 aliphatic rings. The van der Waals surface area contributed by atoms with Crippen molar-refractivity contribution in [3.8, 4) is 0 Å². The third-order valence-corrected chi connectivity index (χ3v) is 5.23. The number of rotatable bonds is 4. The number of aliphatic hydroxyl groups is 1. The zero-order chi connectivity index (χ0) is 14.0. The summed E-state index contributed by atoms with van der Waals surface area (Å²) in [4.78, 5) is 0. The van der Waals surface area contributed by atoms with Gasteiger partial charge in [-0.15, -0.1) is 0 Å². The molecule has 1 fully saturated rings. The van der Waals surface area contributed by atoms with E-state index in [9.17, 15) is 22.3 Å². The van der Waals surface area contributed by atoms with Gasteiger partial charge in [-0.25, -0.2) is 17.2 Å². The van der Waals surface area contributed by atoms with Crippen LogP contribution in [0.5, 0.6) is 0 Å². The smallest absolute Gasteiger partial charge is 0.150 e. The van der Waals surface area contributed by atoms with Crippen LogP contribution >= 0.6 is 0 Å². The van der Waals surface area contributed by atoms with Crippen LogP contribution in [0.1, 0.15) is 18.4 Å². The maximum Gasteiger partial charge on any atom is 0.150 e. The molecule has 0 spiro atoms. The maximum absolute atomic E-state index is 13.4. The molecule has 1 N–H and O–H groups in total. The van der Waals surface area contributed by atoms with Crippen molar-refractivity contribution >= 4 is 9.84 Å². The fraction of sp³-hybridized carbons (Fsp3) is 0.538. The van der Waals surface area contributed by atoms with E-state index in [4.69, 9.17) is 0 Å². The van der Waals surface area contributed by atoms with Crippen molar-refractivity contribution in [2.75, 3.05) is 11.5 Å². The SMILES string of the molecule is O=S1(=O)CCC(CC(O)Cc2cc(F)ccc2F)C1. The largest absolute Gasteiger partial charge is 0.393 e. The summed E-state index contributed by atoms with van der Waals surface area (Å²) in [6.45, 7) is 0. The number of halogens is 2. The van der Waals surface area contributed by atoms with E-state index in [1.807, 2.05) is 0 Å². The summed E-state index contributed by atoms with van der Waals surface area (Å²) in [5.41, 5.74) is 0.119. The van der Waals surface area contributed by atoms with E-state index in [1.165, 1.54) is 0 Å². The average Bonchev–Trinajstić information content (AvgIpc) is 2.63. The van der Waals surface area contributed by atoms with Crippen molar-refractivity contribution < 1.29 is 22.3 Å². The van der Waals surface area contributed by atoms with Gasteiger partial charge in [0, 0.05) is 6.42 Å². The highest BCUT2D eigenvalue weighted by atomic mass is 32.2. The molecule has 2 unspecified atom stereocenters. The molecule has 19 heavy (non-hydrogen) atoms. The van der Waals surface area contributed by atoms with Crippen molar-refractivity contribution in [2.45, 2.75) is 25.4 Å². The van der Waals surface area contributed by atoms with Gasteiger partial charge in [0.2, 0.25) is 0 Å². The van der Waals surface area contributed by atoms with Crippen LogP contribution in [-0.2, 0) is 16.3 Å². The second-order valence-corrected chi connectivity index (χ2v) is 7.33. The lowest BCUT2D eigenvalue weighted by Gasteiger charge is -2.15. The first-order valence-electron chi connectivity index (χ1n) is 6.18. The lowest BCUT2D eigenvalue weighted by atomic mass is 9.96. The van der Waals surface area contributed by atoms with E-state index in [-0.39, 0.29) is 29.4 Å². The monoisotopic (exact) mass is 290 g/mol. The molecule has 0 radical (unpaired) electrons. The van der Waals surface area contributed by atoms with Crippen molar-refractivity contribution in [1.82, 2.24) is 0 Å². The molecule has 0 saturated carbocycles. The standard InChI is InChI=1S/C13H16F2O3S/c14-11-1-2-13(15)10(6-11)7-12(16)5-9-3-4-19(17,18)8-9/h1-2,6,9,12,16H,3-5,7-8H2. The van der Waals surface area contributed by atoms with Gasteiger partial charge >= 0.3 is 0 Å². The van der Waals surface area contributed by atoms with Crippen LogP contribution in [0.15, 0.2) is 18.2 Å². The fourth-order valence-corrected chi connectivity index (χ4v) is 4.36. The van der Waals surface area contributed by atoms with E-state index in [0.29, 0.717) is 12.8 Å². The number of hydrogen-bond donors (Lipinski definition) is 1. The van der Waals surface area contributed by atoms with E-state index in [0.717, 1.165) is 18.2 Å². The zero-order valence-corrected chi connectivity index (χ0v) is 11.2. The Morgan fingerprint density at radius 1 is 1.37 bits per heavy atom. The predicted molar refractivity (Wildman–Crippen MR) is 67.4 cm³/mol. The van der Waals surface area contributed by atoms with Gasteiger partial charge in [0.15, 0.2) is 9.84 Å². The predicted octanol–water partition coefficient (Wildman–Crippen LogP) is 1.69. The van der Waals surface area contributed by atoms with Crippen molar-refractivity contribution in [3.63, 3.8) is 0 Å². The Morgan fingerprint density at radius 3 is 2.74 bits per heavy atom. The maximum atomic E-state index is 13.4. The molecule has 0 aliphatic carbocycles. The van der Waals surface area contributed by atoms with Crippen molar-refractivity contribution in [2.24, 2.45) is 5.92 Å². The summed E-state index contributed by atoms with van der Waals surface area (Å²) >= 11 is 0. The summed E-state index contributed by atoms with van der Waals surface area (Å²) in [5, 5.41) is 9.86. The molecule has 0 bridgehead atoms. The first-order chi connectivity index (χ1) is 8.85. The van der Waals surface area contributed by atoms with Crippen LogP contribution in [0, 0.1) is 17.6 Å². The van der Waals surface area contributed by atoms with Gasteiger partial charge < -0.3 is 5.11 Å². The van der Waals surface area contributed by atoms with Crippen molar-refractivity contribution in [1.29, 1.82) is 0 Å². The number of hydrogen-bond acceptors (Lipinski definition) is 3. The number of sulfone groups is 1. The Bertz CT molecular complexity index is 557.